The Morgan fingerprint density at radius 1 is 1.10 bits per heavy atom. The number of hydrogen-bond donors (Lipinski definition) is 1. The van der Waals surface area contributed by atoms with Gasteiger partial charge in [0.1, 0.15) is 5.82 Å². The number of nitrogens with one attached hydrogen (secondary N) is 1. The van der Waals surface area contributed by atoms with E-state index in [0.717, 1.165) is 43.1 Å². The first-order valence-electron chi connectivity index (χ1n) is 7.50. The van der Waals surface area contributed by atoms with Crippen LogP contribution in [0.4, 0.5) is 0 Å². The number of rotatable bonds is 8. The molecule has 1 atom stereocenters. The molecule has 0 aliphatic carbocycles. The Morgan fingerprint density at radius 2 is 1.70 bits per heavy atom. The van der Waals surface area contributed by atoms with Gasteiger partial charge in [-0.25, -0.2) is 9.97 Å². The van der Waals surface area contributed by atoms with Crippen LogP contribution in [0.5, 0.6) is 0 Å². The molecule has 0 aromatic carbocycles. The number of aromatic nitrogens is 2. The standard InChI is InChI=1S/C16H29N3O/c1-11(2)10-17-8-7-15-13(4)18-16(19-14(15)5)9-12(3)20-6/h11-12,17H,7-10H2,1-6H3. The average Bonchev–Trinajstić information content (AvgIpc) is 2.36. The predicted octanol–water partition coefficient (Wildman–Crippen LogP) is 2.46. The van der Waals surface area contributed by atoms with Gasteiger partial charge in [-0.2, -0.15) is 0 Å². The first-order chi connectivity index (χ1) is 9.43. The number of aryl methyl sites for hydroxylation is 2. The van der Waals surface area contributed by atoms with Crippen LogP contribution in [0.2, 0.25) is 0 Å². The maximum atomic E-state index is 5.28. The van der Waals surface area contributed by atoms with E-state index in [1.165, 1.54) is 5.56 Å². The fraction of sp³-hybridized carbons (Fsp3) is 0.750. The quantitative estimate of drug-likeness (QED) is 0.743. The van der Waals surface area contributed by atoms with Crippen LogP contribution in [-0.4, -0.2) is 36.3 Å². The molecule has 0 radical (unpaired) electrons. The summed E-state index contributed by atoms with van der Waals surface area (Å²) >= 11 is 0. The Balaban J connectivity index is 2.64. The Kier molecular flexibility index (Phi) is 7.10. The molecular weight excluding hydrogens is 250 g/mol. The molecule has 0 spiro atoms. The van der Waals surface area contributed by atoms with E-state index in [9.17, 15) is 0 Å². The third kappa shape index (κ3) is 5.55. The molecule has 0 aliphatic rings. The molecule has 0 amide bonds. The van der Waals surface area contributed by atoms with Gasteiger partial charge in [-0.15, -0.1) is 0 Å². The molecule has 0 aliphatic heterocycles. The summed E-state index contributed by atoms with van der Waals surface area (Å²) in [6.45, 7) is 12.7. The SMILES string of the molecule is COC(C)Cc1nc(C)c(CCNCC(C)C)c(C)n1. The summed E-state index contributed by atoms with van der Waals surface area (Å²) < 4.78 is 5.28. The van der Waals surface area contributed by atoms with Crippen molar-refractivity contribution in [2.24, 2.45) is 5.92 Å². The molecule has 114 valence electrons. The van der Waals surface area contributed by atoms with E-state index in [-0.39, 0.29) is 6.10 Å². The molecular formula is C16H29N3O. The molecule has 0 saturated heterocycles. The Morgan fingerprint density at radius 3 is 2.20 bits per heavy atom. The molecule has 1 heterocycles. The largest absolute Gasteiger partial charge is 0.381 e. The highest BCUT2D eigenvalue weighted by molar-refractivity contribution is 5.24. The van der Waals surface area contributed by atoms with E-state index in [4.69, 9.17) is 4.74 Å². The van der Waals surface area contributed by atoms with Crippen molar-refractivity contribution in [1.29, 1.82) is 0 Å². The highest BCUT2D eigenvalue weighted by atomic mass is 16.5. The fourth-order valence-corrected chi connectivity index (χ4v) is 2.21. The average molecular weight is 279 g/mol. The van der Waals surface area contributed by atoms with E-state index in [2.05, 4.69) is 43.0 Å². The van der Waals surface area contributed by atoms with Gasteiger partial charge >= 0.3 is 0 Å². The van der Waals surface area contributed by atoms with Crippen molar-refractivity contribution in [3.63, 3.8) is 0 Å². The third-order valence-electron chi connectivity index (χ3n) is 3.44. The summed E-state index contributed by atoms with van der Waals surface area (Å²) in [6, 6.07) is 0. The van der Waals surface area contributed by atoms with Crippen LogP contribution in [-0.2, 0) is 17.6 Å². The Labute approximate surface area is 123 Å². The summed E-state index contributed by atoms with van der Waals surface area (Å²) in [4.78, 5) is 9.23. The van der Waals surface area contributed by atoms with Gasteiger partial charge in [0, 0.05) is 24.9 Å². The van der Waals surface area contributed by atoms with E-state index in [1.807, 2.05) is 6.92 Å². The first-order valence-corrected chi connectivity index (χ1v) is 7.50. The maximum Gasteiger partial charge on any atom is 0.131 e. The van der Waals surface area contributed by atoms with Crippen LogP contribution in [0.3, 0.4) is 0 Å². The minimum Gasteiger partial charge on any atom is -0.381 e. The second-order valence-electron chi connectivity index (χ2n) is 5.89. The van der Waals surface area contributed by atoms with Crippen LogP contribution < -0.4 is 5.32 Å². The summed E-state index contributed by atoms with van der Waals surface area (Å²) in [7, 11) is 1.72. The molecule has 4 heteroatoms. The zero-order valence-electron chi connectivity index (χ0n) is 13.8. The Bertz CT molecular complexity index is 395. The van der Waals surface area contributed by atoms with Crippen molar-refractivity contribution < 1.29 is 4.74 Å². The molecule has 1 aromatic rings. The Hall–Kier alpha value is -1.00. The van der Waals surface area contributed by atoms with E-state index < -0.39 is 0 Å². The van der Waals surface area contributed by atoms with Crippen LogP contribution in [0, 0.1) is 19.8 Å². The topological polar surface area (TPSA) is 47.0 Å². The highest BCUT2D eigenvalue weighted by Crippen LogP contribution is 2.12. The number of nitrogens with zero attached hydrogens (tertiary/aromatic N) is 2. The summed E-state index contributed by atoms with van der Waals surface area (Å²) in [5, 5.41) is 3.47. The minimum absolute atomic E-state index is 0.160. The van der Waals surface area contributed by atoms with Crippen molar-refractivity contribution in [2.75, 3.05) is 20.2 Å². The van der Waals surface area contributed by atoms with Crippen molar-refractivity contribution in [3.05, 3.63) is 22.8 Å². The van der Waals surface area contributed by atoms with Gasteiger partial charge in [0.2, 0.25) is 0 Å². The predicted molar refractivity (Wildman–Crippen MR) is 83.1 cm³/mol. The molecule has 0 fully saturated rings. The number of methoxy groups -OCH3 is 1. The maximum absolute atomic E-state index is 5.28. The van der Waals surface area contributed by atoms with E-state index in [1.54, 1.807) is 7.11 Å². The minimum atomic E-state index is 0.160. The van der Waals surface area contributed by atoms with E-state index in [0.29, 0.717) is 5.92 Å². The van der Waals surface area contributed by atoms with E-state index >= 15 is 0 Å². The second kappa shape index (κ2) is 8.32. The van der Waals surface area contributed by atoms with Crippen LogP contribution >= 0.6 is 0 Å². The number of hydrogen-bond acceptors (Lipinski definition) is 4. The van der Waals surface area contributed by atoms with Crippen LogP contribution in [0.25, 0.3) is 0 Å². The smallest absolute Gasteiger partial charge is 0.131 e. The molecule has 0 saturated carbocycles. The lowest BCUT2D eigenvalue weighted by molar-refractivity contribution is 0.117. The van der Waals surface area contributed by atoms with Crippen molar-refractivity contribution >= 4 is 0 Å². The van der Waals surface area contributed by atoms with Gasteiger partial charge in [-0.3, -0.25) is 0 Å². The monoisotopic (exact) mass is 279 g/mol. The molecule has 20 heavy (non-hydrogen) atoms. The molecule has 1 rings (SSSR count). The molecule has 1 unspecified atom stereocenters. The molecule has 4 nitrogen and oxygen atoms in total. The fourth-order valence-electron chi connectivity index (χ4n) is 2.21. The second-order valence-corrected chi connectivity index (χ2v) is 5.89. The third-order valence-corrected chi connectivity index (χ3v) is 3.44. The number of ether oxygens (including phenoxy) is 1. The lowest BCUT2D eigenvalue weighted by atomic mass is 10.1. The van der Waals surface area contributed by atoms with Crippen molar-refractivity contribution in [1.82, 2.24) is 15.3 Å². The van der Waals surface area contributed by atoms with Gasteiger partial charge < -0.3 is 10.1 Å². The molecule has 1 aromatic heterocycles. The van der Waals surface area contributed by atoms with Crippen molar-refractivity contribution in [2.45, 2.75) is 53.6 Å². The summed E-state index contributed by atoms with van der Waals surface area (Å²) in [5.41, 5.74) is 3.47. The summed E-state index contributed by atoms with van der Waals surface area (Å²) in [6.07, 6.45) is 1.92. The van der Waals surface area contributed by atoms with Gasteiger partial charge in [0.05, 0.1) is 6.10 Å². The highest BCUT2D eigenvalue weighted by Gasteiger charge is 2.10. The zero-order chi connectivity index (χ0) is 15.1. The van der Waals surface area contributed by atoms with Crippen LogP contribution in [0.1, 0.15) is 43.5 Å². The lowest BCUT2D eigenvalue weighted by Gasteiger charge is -2.14. The van der Waals surface area contributed by atoms with Crippen LogP contribution in [0.15, 0.2) is 0 Å². The van der Waals surface area contributed by atoms with Gasteiger partial charge in [-0.05, 0) is 51.8 Å². The molecule has 1 N–H and O–H groups in total. The molecule has 0 bridgehead atoms. The zero-order valence-corrected chi connectivity index (χ0v) is 13.8. The van der Waals surface area contributed by atoms with Gasteiger partial charge in [0.25, 0.3) is 0 Å². The lowest BCUT2D eigenvalue weighted by Crippen LogP contribution is -2.23. The first kappa shape index (κ1) is 17.1. The van der Waals surface area contributed by atoms with Gasteiger partial charge in [-0.1, -0.05) is 13.8 Å². The van der Waals surface area contributed by atoms with Gasteiger partial charge in [0.15, 0.2) is 0 Å². The normalized spacial score (nSPS) is 12.9. The van der Waals surface area contributed by atoms with Crippen molar-refractivity contribution in [3.8, 4) is 0 Å². The summed E-state index contributed by atoms with van der Waals surface area (Å²) in [5.74, 6) is 1.57.